The molecule has 6 heteroatoms. The minimum Gasteiger partial charge on any atom is -0.490 e. The van der Waals surface area contributed by atoms with Crippen LogP contribution in [0.3, 0.4) is 0 Å². The minimum atomic E-state index is 0. The van der Waals surface area contributed by atoms with Gasteiger partial charge in [0.2, 0.25) is 0 Å². The first-order valence-corrected chi connectivity index (χ1v) is 9.99. The number of hydrogen-bond donors (Lipinski definition) is 1. The van der Waals surface area contributed by atoms with Gasteiger partial charge in [0.25, 0.3) is 0 Å². The zero-order valence-electron chi connectivity index (χ0n) is 16.2. The molecule has 3 rings (SSSR count). The highest BCUT2D eigenvalue weighted by molar-refractivity contribution is 6.31. The number of halogens is 3. The molecule has 0 aliphatic rings. The molecule has 0 atom stereocenters. The van der Waals surface area contributed by atoms with E-state index in [0.29, 0.717) is 37.1 Å². The van der Waals surface area contributed by atoms with Gasteiger partial charge in [0.15, 0.2) is 11.5 Å². The van der Waals surface area contributed by atoms with E-state index < -0.39 is 0 Å². The maximum atomic E-state index is 6.21. The van der Waals surface area contributed by atoms with Gasteiger partial charge in [0, 0.05) is 28.7 Å². The van der Waals surface area contributed by atoms with Crippen molar-refractivity contribution in [2.75, 3.05) is 6.61 Å². The Balaban J connectivity index is 0.00000300. The highest BCUT2D eigenvalue weighted by Gasteiger charge is 2.08. The van der Waals surface area contributed by atoms with Gasteiger partial charge >= 0.3 is 0 Å². The first kappa shape index (κ1) is 23.4. The molecule has 0 aliphatic heterocycles. The summed E-state index contributed by atoms with van der Waals surface area (Å²) in [7, 11) is 0. The Kier molecular flexibility index (Phi) is 9.62. The molecule has 29 heavy (non-hydrogen) atoms. The third kappa shape index (κ3) is 6.83. The van der Waals surface area contributed by atoms with Gasteiger partial charge < -0.3 is 14.8 Å². The second kappa shape index (κ2) is 11.9. The second-order valence-corrected chi connectivity index (χ2v) is 7.10. The van der Waals surface area contributed by atoms with E-state index >= 15 is 0 Å². The largest absolute Gasteiger partial charge is 0.490 e. The van der Waals surface area contributed by atoms with Crippen LogP contribution in [0.25, 0.3) is 0 Å². The fourth-order valence-corrected chi connectivity index (χ4v) is 3.20. The van der Waals surface area contributed by atoms with Crippen molar-refractivity contribution in [3.05, 3.63) is 93.5 Å². The smallest absolute Gasteiger partial charge is 0.161 e. The van der Waals surface area contributed by atoms with Crippen LogP contribution in [0.2, 0.25) is 10.0 Å². The Morgan fingerprint density at radius 2 is 1.41 bits per heavy atom. The lowest BCUT2D eigenvalue weighted by molar-refractivity contribution is 0.269. The summed E-state index contributed by atoms with van der Waals surface area (Å²) in [6, 6.07) is 21.5. The molecule has 0 spiro atoms. The van der Waals surface area contributed by atoms with Gasteiger partial charge in [0.1, 0.15) is 6.61 Å². The Labute approximate surface area is 188 Å². The van der Waals surface area contributed by atoms with Crippen LogP contribution in [0.15, 0.2) is 66.7 Å². The molecule has 0 aliphatic carbocycles. The van der Waals surface area contributed by atoms with Crippen LogP contribution < -0.4 is 14.8 Å². The highest BCUT2D eigenvalue weighted by Crippen LogP contribution is 2.30. The lowest BCUT2D eigenvalue weighted by Crippen LogP contribution is -2.13. The number of hydrogen-bond acceptors (Lipinski definition) is 3. The third-order valence-corrected chi connectivity index (χ3v) is 4.99. The predicted molar refractivity (Wildman–Crippen MR) is 123 cm³/mol. The van der Waals surface area contributed by atoms with E-state index in [9.17, 15) is 0 Å². The summed E-state index contributed by atoms with van der Waals surface area (Å²) in [5.41, 5.74) is 3.13. The molecule has 3 aromatic carbocycles. The fraction of sp³-hybridized carbons (Fsp3) is 0.217. The fourth-order valence-electron chi connectivity index (χ4n) is 2.80. The summed E-state index contributed by atoms with van der Waals surface area (Å²) in [6.07, 6.45) is 0. The molecule has 0 unspecified atom stereocenters. The van der Waals surface area contributed by atoms with Gasteiger partial charge in [-0.15, -0.1) is 12.4 Å². The Morgan fingerprint density at radius 3 is 2.07 bits per heavy atom. The molecule has 0 amide bonds. The molecule has 0 saturated heterocycles. The van der Waals surface area contributed by atoms with Gasteiger partial charge in [-0.05, 0) is 42.3 Å². The number of rotatable bonds is 9. The van der Waals surface area contributed by atoms with Crippen molar-refractivity contribution >= 4 is 35.6 Å². The van der Waals surface area contributed by atoms with Crippen molar-refractivity contribution in [3.8, 4) is 11.5 Å². The van der Waals surface area contributed by atoms with Gasteiger partial charge in [-0.3, -0.25) is 0 Å². The van der Waals surface area contributed by atoms with Crippen LogP contribution >= 0.6 is 35.6 Å². The van der Waals surface area contributed by atoms with Crippen molar-refractivity contribution in [3.63, 3.8) is 0 Å². The maximum Gasteiger partial charge on any atom is 0.161 e. The lowest BCUT2D eigenvalue weighted by Gasteiger charge is -2.14. The molecule has 0 aromatic heterocycles. The summed E-state index contributed by atoms with van der Waals surface area (Å²) in [5.74, 6) is 1.43. The molecule has 0 radical (unpaired) electrons. The van der Waals surface area contributed by atoms with Gasteiger partial charge in [-0.1, -0.05) is 65.7 Å². The predicted octanol–water partition coefficient (Wildman–Crippen LogP) is 6.68. The van der Waals surface area contributed by atoms with E-state index in [4.69, 9.17) is 32.7 Å². The second-order valence-electron chi connectivity index (χ2n) is 6.29. The third-order valence-electron chi connectivity index (χ3n) is 4.25. The average Bonchev–Trinajstić information content (AvgIpc) is 2.70. The van der Waals surface area contributed by atoms with Crippen LogP contribution in [0, 0.1) is 0 Å². The maximum absolute atomic E-state index is 6.21. The van der Waals surface area contributed by atoms with E-state index in [1.807, 2.05) is 73.7 Å². The normalized spacial score (nSPS) is 10.3. The number of nitrogens with one attached hydrogen (secondary N) is 1. The van der Waals surface area contributed by atoms with Crippen molar-refractivity contribution in [2.45, 2.75) is 26.6 Å². The first-order valence-electron chi connectivity index (χ1n) is 9.23. The molecule has 0 bridgehead atoms. The van der Waals surface area contributed by atoms with Crippen LogP contribution in [0.5, 0.6) is 11.5 Å². The first-order chi connectivity index (χ1) is 13.7. The van der Waals surface area contributed by atoms with E-state index in [1.165, 1.54) is 0 Å². The van der Waals surface area contributed by atoms with Crippen LogP contribution in [0.1, 0.15) is 23.6 Å². The summed E-state index contributed by atoms with van der Waals surface area (Å²) in [6.45, 7) is 4.33. The quantitative estimate of drug-likeness (QED) is 0.392. The molecule has 0 heterocycles. The zero-order chi connectivity index (χ0) is 19.8. The van der Waals surface area contributed by atoms with Gasteiger partial charge in [0.05, 0.1) is 6.61 Å². The Bertz CT molecular complexity index is 918. The molecule has 1 N–H and O–H groups in total. The summed E-state index contributed by atoms with van der Waals surface area (Å²) in [4.78, 5) is 0. The minimum absolute atomic E-state index is 0. The van der Waals surface area contributed by atoms with Crippen molar-refractivity contribution in [2.24, 2.45) is 0 Å². The summed E-state index contributed by atoms with van der Waals surface area (Å²) < 4.78 is 11.7. The molecular weight excluding hydrogens is 429 g/mol. The number of benzene rings is 3. The monoisotopic (exact) mass is 451 g/mol. The van der Waals surface area contributed by atoms with Crippen molar-refractivity contribution < 1.29 is 9.47 Å². The standard InChI is InChI=1S/C23H23Cl2NO2.ClH/c1-2-27-23-13-17(14-26-15-18-7-3-5-9-20(18)24)11-12-22(23)28-16-19-8-4-6-10-21(19)25;/h3-13,26H,2,14-16H2,1H3;1H. The van der Waals surface area contributed by atoms with Crippen molar-refractivity contribution in [1.29, 1.82) is 0 Å². The van der Waals surface area contributed by atoms with E-state index in [2.05, 4.69) is 5.32 Å². The highest BCUT2D eigenvalue weighted by atomic mass is 35.5. The molecular formula is C23H24Cl3NO2. The van der Waals surface area contributed by atoms with Crippen molar-refractivity contribution in [1.82, 2.24) is 5.32 Å². The van der Waals surface area contributed by atoms with Gasteiger partial charge in [-0.2, -0.15) is 0 Å². The molecule has 0 fully saturated rings. The summed E-state index contributed by atoms with van der Waals surface area (Å²) >= 11 is 12.4. The molecule has 0 saturated carbocycles. The molecule has 154 valence electrons. The van der Waals surface area contributed by atoms with Crippen LogP contribution in [0.4, 0.5) is 0 Å². The lowest BCUT2D eigenvalue weighted by atomic mass is 10.1. The molecule has 3 aromatic rings. The zero-order valence-corrected chi connectivity index (χ0v) is 18.5. The summed E-state index contributed by atoms with van der Waals surface area (Å²) in [5, 5.41) is 4.88. The van der Waals surface area contributed by atoms with Gasteiger partial charge in [-0.25, -0.2) is 0 Å². The van der Waals surface area contributed by atoms with E-state index in [0.717, 1.165) is 27.5 Å². The van der Waals surface area contributed by atoms with Crippen LogP contribution in [-0.4, -0.2) is 6.61 Å². The molecule has 3 nitrogen and oxygen atoms in total. The van der Waals surface area contributed by atoms with E-state index in [1.54, 1.807) is 0 Å². The Morgan fingerprint density at radius 1 is 0.759 bits per heavy atom. The topological polar surface area (TPSA) is 30.5 Å². The SMILES string of the molecule is CCOc1cc(CNCc2ccccc2Cl)ccc1OCc1ccccc1Cl.Cl. The average molecular weight is 453 g/mol. The Hall–Kier alpha value is -1.91. The number of ether oxygens (including phenoxy) is 2. The van der Waals surface area contributed by atoms with Crippen LogP contribution in [-0.2, 0) is 19.7 Å². The van der Waals surface area contributed by atoms with E-state index in [-0.39, 0.29) is 12.4 Å².